The average Bonchev–Trinajstić information content (AvgIpc) is 3.51. The summed E-state index contributed by atoms with van der Waals surface area (Å²) in [5.41, 5.74) is 1.80. The minimum atomic E-state index is -0.235. The van der Waals surface area contributed by atoms with Crippen LogP contribution in [0, 0.1) is 0 Å². The number of nitrogens with one attached hydrogen (secondary N) is 4. The summed E-state index contributed by atoms with van der Waals surface area (Å²) >= 11 is 5.81. The van der Waals surface area contributed by atoms with Crippen LogP contribution >= 0.6 is 11.6 Å². The fraction of sp³-hybridized carbons (Fsp3) is 0.286. The molecule has 7 nitrogen and oxygen atoms in total. The van der Waals surface area contributed by atoms with Crippen molar-refractivity contribution in [1.29, 1.82) is 0 Å². The molecule has 4 amide bonds. The summed E-state index contributed by atoms with van der Waals surface area (Å²) < 4.78 is 0. The maximum Gasteiger partial charge on any atom is 0.319 e. The van der Waals surface area contributed by atoms with Crippen LogP contribution in [0.4, 0.5) is 16.2 Å². The van der Waals surface area contributed by atoms with E-state index in [0.717, 1.165) is 12.8 Å². The van der Waals surface area contributed by atoms with Crippen molar-refractivity contribution in [3.63, 3.8) is 0 Å². The summed E-state index contributed by atoms with van der Waals surface area (Å²) in [7, 11) is 0. The molecule has 0 bridgehead atoms. The molecular weight excluding hydrogens is 392 g/mol. The summed E-state index contributed by atoms with van der Waals surface area (Å²) in [6, 6.07) is 13.6. The van der Waals surface area contributed by atoms with Gasteiger partial charge in [-0.3, -0.25) is 9.59 Å². The molecule has 8 heteroatoms. The first-order valence-corrected chi connectivity index (χ1v) is 9.88. The van der Waals surface area contributed by atoms with Crippen molar-refractivity contribution >= 4 is 40.8 Å². The normalized spacial score (nSPS) is 12.7. The molecule has 29 heavy (non-hydrogen) atoms. The van der Waals surface area contributed by atoms with Gasteiger partial charge in [-0.1, -0.05) is 11.6 Å². The molecule has 1 saturated carbocycles. The lowest BCUT2D eigenvalue weighted by Crippen LogP contribution is -2.30. The average molecular weight is 415 g/mol. The minimum absolute atomic E-state index is 0.124. The van der Waals surface area contributed by atoms with Gasteiger partial charge in [0, 0.05) is 41.0 Å². The molecule has 3 rings (SSSR count). The van der Waals surface area contributed by atoms with Crippen LogP contribution in [0.5, 0.6) is 0 Å². The lowest BCUT2D eigenvalue weighted by atomic mass is 10.2. The molecule has 4 N–H and O–H groups in total. The molecule has 0 aliphatic heterocycles. The third-order valence-electron chi connectivity index (χ3n) is 4.31. The van der Waals surface area contributed by atoms with E-state index in [1.54, 1.807) is 48.5 Å². The molecule has 1 aliphatic carbocycles. The number of benzene rings is 2. The summed E-state index contributed by atoms with van der Waals surface area (Å²) in [6.07, 6.45) is 2.86. The topological polar surface area (TPSA) is 99.3 Å². The van der Waals surface area contributed by atoms with E-state index in [2.05, 4.69) is 21.3 Å². The first kappa shape index (κ1) is 20.7. The highest BCUT2D eigenvalue weighted by Crippen LogP contribution is 2.19. The van der Waals surface area contributed by atoms with Crippen LogP contribution in [0.3, 0.4) is 0 Å². The second-order valence-corrected chi connectivity index (χ2v) is 7.30. The Kier molecular flexibility index (Phi) is 7.08. The van der Waals surface area contributed by atoms with Gasteiger partial charge < -0.3 is 21.3 Å². The van der Waals surface area contributed by atoms with Crippen LogP contribution in [0.15, 0.2) is 48.5 Å². The molecule has 0 heterocycles. The fourth-order valence-electron chi connectivity index (χ4n) is 2.59. The van der Waals surface area contributed by atoms with Gasteiger partial charge in [0.1, 0.15) is 0 Å². The van der Waals surface area contributed by atoms with Crippen LogP contribution in [-0.4, -0.2) is 30.4 Å². The van der Waals surface area contributed by atoms with Crippen molar-refractivity contribution in [2.75, 3.05) is 17.2 Å². The zero-order valence-electron chi connectivity index (χ0n) is 15.8. The van der Waals surface area contributed by atoms with Crippen LogP contribution < -0.4 is 21.3 Å². The molecule has 0 saturated heterocycles. The second kappa shape index (κ2) is 9.93. The summed E-state index contributed by atoms with van der Waals surface area (Å²) in [4.78, 5) is 35.8. The van der Waals surface area contributed by atoms with Crippen molar-refractivity contribution in [3.05, 3.63) is 59.1 Å². The molecule has 0 aromatic heterocycles. The van der Waals surface area contributed by atoms with Crippen LogP contribution in [0.25, 0.3) is 0 Å². The van der Waals surface area contributed by atoms with Gasteiger partial charge in [0.05, 0.1) is 0 Å². The maximum absolute atomic E-state index is 12.2. The first-order valence-electron chi connectivity index (χ1n) is 9.51. The molecule has 2 aromatic rings. The number of rotatable bonds is 8. The standard InChI is InChI=1S/C21H23ClN4O3/c22-15-5-9-16(10-6-15)24-19(27)2-1-13-23-20(28)14-3-7-17(8-4-14)25-21(29)26-18-11-12-18/h3-10,18H,1-2,11-13H2,(H,23,28)(H,24,27)(H2,25,26,29). The van der Waals surface area contributed by atoms with Gasteiger partial charge in [-0.15, -0.1) is 0 Å². The van der Waals surface area contributed by atoms with Gasteiger partial charge in [0.15, 0.2) is 0 Å². The van der Waals surface area contributed by atoms with Crippen LogP contribution in [0.1, 0.15) is 36.0 Å². The zero-order valence-corrected chi connectivity index (χ0v) is 16.6. The highest BCUT2D eigenvalue weighted by atomic mass is 35.5. The monoisotopic (exact) mass is 414 g/mol. The van der Waals surface area contributed by atoms with Crippen molar-refractivity contribution < 1.29 is 14.4 Å². The first-order chi connectivity index (χ1) is 14.0. The summed E-state index contributed by atoms with van der Waals surface area (Å²) in [5, 5.41) is 11.7. The Morgan fingerprint density at radius 1 is 0.897 bits per heavy atom. The molecular formula is C21H23ClN4O3. The van der Waals surface area contributed by atoms with Crippen molar-refractivity contribution in [3.8, 4) is 0 Å². The van der Waals surface area contributed by atoms with E-state index in [1.807, 2.05) is 0 Å². The molecule has 2 aromatic carbocycles. The molecule has 0 unspecified atom stereocenters. The smallest absolute Gasteiger partial charge is 0.319 e. The van der Waals surface area contributed by atoms with Crippen LogP contribution in [-0.2, 0) is 4.79 Å². The number of hydrogen-bond donors (Lipinski definition) is 4. The highest BCUT2D eigenvalue weighted by molar-refractivity contribution is 6.30. The molecule has 1 aliphatic rings. The molecule has 0 atom stereocenters. The number of anilines is 2. The Bertz CT molecular complexity index is 864. The lowest BCUT2D eigenvalue weighted by Gasteiger charge is -2.09. The van der Waals surface area contributed by atoms with Gasteiger partial charge in [-0.05, 0) is 67.8 Å². The Morgan fingerprint density at radius 3 is 2.17 bits per heavy atom. The second-order valence-electron chi connectivity index (χ2n) is 6.86. The molecule has 1 fully saturated rings. The van der Waals surface area contributed by atoms with Gasteiger partial charge in [0.25, 0.3) is 5.91 Å². The third-order valence-corrected chi connectivity index (χ3v) is 4.56. The molecule has 0 spiro atoms. The van der Waals surface area contributed by atoms with E-state index < -0.39 is 0 Å². The van der Waals surface area contributed by atoms with E-state index >= 15 is 0 Å². The van der Waals surface area contributed by atoms with E-state index in [-0.39, 0.29) is 23.9 Å². The number of halogens is 1. The SMILES string of the molecule is O=C(CCCNC(=O)c1ccc(NC(=O)NC2CC2)cc1)Nc1ccc(Cl)cc1. The van der Waals surface area contributed by atoms with Crippen molar-refractivity contribution in [1.82, 2.24) is 10.6 Å². The summed E-state index contributed by atoms with van der Waals surface area (Å²) in [6.45, 7) is 0.386. The van der Waals surface area contributed by atoms with Gasteiger partial charge in [-0.2, -0.15) is 0 Å². The number of carbonyl (C=O) groups is 3. The van der Waals surface area contributed by atoms with Crippen molar-refractivity contribution in [2.24, 2.45) is 0 Å². The Labute approximate surface area is 174 Å². The number of carbonyl (C=O) groups excluding carboxylic acids is 3. The van der Waals surface area contributed by atoms with Crippen LogP contribution in [0.2, 0.25) is 5.02 Å². The maximum atomic E-state index is 12.2. The Balaban J connectivity index is 1.34. The quantitative estimate of drug-likeness (QED) is 0.495. The van der Waals surface area contributed by atoms with Crippen molar-refractivity contribution in [2.45, 2.75) is 31.7 Å². The lowest BCUT2D eigenvalue weighted by molar-refractivity contribution is -0.116. The van der Waals surface area contributed by atoms with Gasteiger partial charge in [-0.25, -0.2) is 4.79 Å². The Hall–Kier alpha value is -3.06. The third kappa shape index (κ3) is 7.12. The fourth-order valence-corrected chi connectivity index (χ4v) is 2.72. The van der Waals surface area contributed by atoms with E-state index in [1.165, 1.54) is 0 Å². The van der Waals surface area contributed by atoms with E-state index in [4.69, 9.17) is 11.6 Å². The van der Waals surface area contributed by atoms with E-state index in [9.17, 15) is 14.4 Å². The largest absolute Gasteiger partial charge is 0.352 e. The number of urea groups is 1. The Morgan fingerprint density at radius 2 is 1.52 bits per heavy atom. The zero-order chi connectivity index (χ0) is 20.6. The number of hydrogen-bond acceptors (Lipinski definition) is 3. The number of amides is 4. The minimum Gasteiger partial charge on any atom is -0.352 e. The molecule has 152 valence electrons. The van der Waals surface area contributed by atoms with Gasteiger partial charge >= 0.3 is 6.03 Å². The predicted octanol–water partition coefficient (Wildman–Crippen LogP) is 3.77. The van der Waals surface area contributed by atoms with Gasteiger partial charge in [0.2, 0.25) is 5.91 Å². The predicted molar refractivity (Wildman–Crippen MR) is 113 cm³/mol. The highest BCUT2D eigenvalue weighted by Gasteiger charge is 2.23. The summed E-state index contributed by atoms with van der Waals surface area (Å²) in [5.74, 6) is -0.349. The molecule has 0 radical (unpaired) electrons. The van der Waals surface area contributed by atoms with E-state index in [0.29, 0.717) is 41.3 Å².